The third-order valence-electron chi connectivity index (χ3n) is 3.92. The minimum Gasteiger partial charge on any atom is -0.463 e. The lowest BCUT2D eigenvalue weighted by Crippen LogP contribution is -2.40. The van der Waals surface area contributed by atoms with Crippen LogP contribution in [0, 0.1) is 0 Å². The highest BCUT2D eigenvalue weighted by Crippen LogP contribution is 2.37. The third kappa shape index (κ3) is 5.63. The van der Waals surface area contributed by atoms with Crippen LogP contribution in [0.15, 0.2) is 11.2 Å². The third-order valence-corrected chi connectivity index (χ3v) is 3.92. The summed E-state index contributed by atoms with van der Waals surface area (Å²) in [6, 6.07) is 0. The summed E-state index contributed by atoms with van der Waals surface area (Å²) in [5.74, 6) is -1.71. The highest BCUT2D eigenvalue weighted by atomic mass is 16.7. The second kappa shape index (κ2) is 9.96. The lowest BCUT2D eigenvalue weighted by atomic mass is 10.1. The molecule has 0 amide bonds. The topological polar surface area (TPSA) is 139 Å². The van der Waals surface area contributed by atoms with Crippen molar-refractivity contribution < 1.29 is 38.1 Å². The van der Waals surface area contributed by atoms with E-state index in [1.165, 1.54) is 38.0 Å². The van der Waals surface area contributed by atoms with E-state index >= 15 is 0 Å². The highest BCUT2D eigenvalue weighted by molar-refractivity contribution is 5.82. The molecule has 0 unspecified atom stereocenters. The Kier molecular flexibility index (Phi) is 7.64. The van der Waals surface area contributed by atoms with Gasteiger partial charge in [0.25, 0.3) is 0 Å². The molecule has 0 radical (unpaired) electrons. The fourth-order valence-electron chi connectivity index (χ4n) is 2.83. The van der Waals surface area contributed by atoms with Gasteiger partial charge in [0, 0.05) is 34.9 Å². The van der Waals surface area contributed by atoms with Crippen LogP contribution >= 0.6 is 0 Å². The second-order valence-corrected chi connectivity index (χ2v) is 6.71. The van der Waals surface area contributed by atoms with E-state index in [9.17, 15) is 19.2 Å². The van der Waals surface area contributed by atoms with E-state index in [1.807, 2.05) is 0 Å². The minimum atomic E-state index is -1.13. The van der Waals surface area contributed by atoms with Crippen LogP contribution < -0.4 is 0 Å². The zero-order chi connectivity index (χ0) is 22.4. The molecule has 2 rings (SSSR count). The molecule has 1 aliphatic rings. The number of aliphatic imine (C=N–C) groups is 1. The van der Waals surface area contributed by atoms with Crippen LogP contribution in [0.2, 0.25) is 0 Å². The van der Waals surface area contributed by atoms with Crippen LogP contribution in [0.1, 0.15) is 37.4 Å². The Balaban J connectivity index is 2.49. The average Bonchev–Trinajstić information content (AvgIpc) is 3.19. The predicted octanol–water partition coefficient (Wildman–Crippen LogP) is 0.241. The molecule has 12 heteroatoms. The first-order valence-corrected chi connectivity index (χ1v) is 9.00. The summed E-state index contributed by atoms with van der Waals surface area (Å²) in [5, 5.41) is 4.14. The van der Waals surface area contributed by atoms with Crippen LogP contribution in [-0.2, 0) is 33.3 Å². The second-order valence-electron chi connectivity index (χ2n) is 6.71. The van der Waals surface area contributed by atoms with Gasteiger partial charge in [-0.15, -0.1) is 0 Å². The maximum Gasteiger partial charge on any atom is 0.303 e. The molecule has 2 heterocycles. The number of aldehydes is 1. The number of rotatable bonds is 8. The maximum absolute atomic E-state index is 11.7. The average molecular weight is 424 g/mol. The summed E-state index contributed by atoms with van der Waals surface area (Å²) in [5.41, 5.74) is 0.172. The molecule has 1 aromatic rings. The number of hydrogen-bond acceptors (Lipinski definition) is 10. The number of aromatic nitrogens is 2. The Morgan fingerprint density at radius 1 is 1.17 bits per heavy atom. The van der Waals surface area contributed by atoms with E-state index < -0.39 is 42.4 Å². The van der Waals surface area contributed by atoms with Gasteiger partial charge >= 0.3 is 17.9 Å². The number of carbonyl (C=O) groups is 4. The molecule has 1 aliphatic heterocycles. The van der Waals surface area contributed by atoms with Crippen LogP contribution in [0.4, 0.5) is 5.82 Å². The van der Waals surface area contributed by atoms with Gasteiger partial charge in [0.1, 0.15) is 12.7 Å². The molecule has 0 bridgehead atoms. The van der Waals surface area contributed by atoms with Crippen molar-refractivity contribution >= 4 is 36.4 Å². The summed E-state index contributed by atoms with van der Waals surface area (Å²) < 4.78 is 22.8. The Labute approximate surface area is 172 Å². The van der Waals surface area contributed by atoms with Crippen molar-refractivity contribution in [1.29, 1.82) is 0 Å². The lowest BCUT2D eigenvalue weighted by molar-refractivity contribution is -0.166. The molecular formula is C18H24N4O8. The van der Waals surface area contributed by atoms with E-state index in [-0.39, 0.29) is 18.0 Å². The first kappa shape index (κ1) is 23.0. The molecule has 1 aromatic heterocycles. The van der Waals surface area contributed by atoms with Gasteiger partial charge in [-0.05, 0) is 0 Å². The summed E-state index contributed by atoms with van der Waals surface area (Å²) >= 11 is 0. The van der Waals surface area contributed by atoms with Crippen molar-refractivity contribution in [3.8, 4) is 0 Å². The fourth-order valence-corrected chi connectivity index (χ4v) is 2.83. The van der Waals surface area contributed by atoms with E-state index in [0.29, 0.717) is 6.29 Å². The summed E-state index contributed by atoms with van der Waals surface area (Å²) in [7, 11) is 3.48. The van der Waals surface area contributed by atoms with Crippen molar-refractivity contribution in [2.45, 2.75) is 45.3 Å². The molecule has 0 saturated carbocycles. The van der Waals surface area contributed by atoms with Crippen LogP contribution in [-0.4, -0.2) is 84.2 Å². The van der Waals surface area contributed by atoms with E-state index in [1.54, 1.807) is 19.0 Å². The number of hydrogen-bond donors (Lipinski definition) is 0. The zero-order valence-electron chi connectivity index (χ0n) is 17.3. The fraction of sp³-hybridized carbons (Fsp3) is 0.556. The molecule has 1 fully saturated rings. The summed E-state index contributed by atoms with van der Waals surface area (Å²) in [6.07, 6.45) is -0.935. The number of nitrogens with zero attached hydrogens (tertiary/aromatic N) is 4. The monoisotopic (exact) mass is 424 g/mol. The van der Waals surface area contributed by atoms with E-state index in [0.717, 1.165) is 0 Å². The summed E-state index contributed by atoms with van der Waals surface area (Å²) in [6.45, 7) is 3.34. The van der Waals surface area contributed by atoms with Gasteiger partial charge in [0.15, 0.2) is 30.5 Å². The van der Waals surface area contributed by atoms with Gasteiger partial charge in [0.2, 0.25) is 0 Å². The number of ether oxygens (including phenoxy) is 4. The maximum atomic E-state index is 11.7. The van der Waals surface area contributed by atoms with Crippen LogP contribution in [0.5, 0.6) is 0 Å². The Morgan fingerprint density at radius 3 is 2.33 bits per heavy atom. The van der Waals surface area contributed by atoms with Crippen molar-refractivity contribution in [1.82, 2.24) is 14.7 Å². The first-order valence-electron chi connectivity index (χ1n) is 9.00. The molecular weight excluding hydrogens is 400 g/mol. The number of esters is 3. The standard InChI is InChI=1S/C18H24N4O8/c1-10(24)27-8-14-15(28-11(2)25)16(29-12(3)26)18(30-14)22-17(19-9-21(4)5)13(7-23)6-20-22/h6-7,9,14-16,18H,8H2,1-5H3/t14-,15-,16-,18-/m1/s1. The molecule has 1 saturated heterocycles. The zero-order valence-corrected chi connectivity index (χ0v) is 17.3. The first-order chi connectivity index (χ1) is 14.1. The molecule has 0 spiro atoms. The predicted molar refractivity (Wildman–Crippen MR) is 101 cm³/mol. The largest absolute Gasteiger partial charge is 0.463 e. The quantitative estimate of drug-likeness (QED) is 0.187. The highest BCUT2D eigenvalue weighted by Gasteiger charge is 2.51. The van der Waals surface area contributed by atoms with Gasteiger partial charge in [0.05, 0.1) is 18.1 Å². The molecule has 0 N–H and O–H groups in total. The Hall–Kier alpha value is -3.28. The van der Waals surface area contributed by atoms with Gasteiger partial charge in [-0.2, -0.15) is 5.10 Å². The summed E-state index contributed by atoms with van der Waals surface area (Å²) in [4.78, 5) is 51.9. The van der Waals surface area contributed by atoms with Crippen LogP contribution in [0.25, 0.3) is 0 Å². The minimum absolute atomic E-state index is 0.149. The molecule has 0 aromatic carbocycles. The van der Waals surface area contributed by atoms with Gasteiger partial charge < -0.3 is 23.8 Å². The van der Waals surface area contributed by atoms with Gasteiger partial charge in [-0.1, -0.05) is 0 Å². The molecule has 12 nitrogen and oxygen atoms in total. The van der Waals surface area contributed by atoms with Gasteiger partial charge in [-0.25, -0.2) is 9.67 Å². The molecule has 30 heavy (non-hydrogen) atoms. The van der Waals surface area contributed by atoms with Crippen LogP contribution in [0.3, 0.4) is 0 Å². The lowest BCUT2D eigenvalue weighted by Gasteiger charge is -2.23. The van der Waals surface area contributed by atoms with Gasteiger partial charge in [-0.3, -0.25) is 19.2 Å². The van der Waals surface area contributed by atoms with Crippen molar-refractivity contribution in [3.63, 3.8) is 0 Å². The van der Waals surface area contributed by atoms with E-state index in [2.05, 4.69) is 10.1 Å². The Morgan fingerprint density at radius 2 is 1.80 bits per heavy atom. The van der Waals surface area contributed by atoms with Crippen molar-refractivity contribution in [2.75, 3.05) is 20.7 Å². The number of carbonyl (C=O) groups excluding carboxylic acids is 4. The Bertz CT molecular complexity index is 834. The van der Waals surface area contributed by atoms with Crippen molar-refractivity contribution in [3.05, 3.63) is 11.8 Å². The molecule has 4 atom stereocenters. The normalized spacial score (nSPS) is 23.2. The molecule has 164 valence electrons. The molecule has 0 aliphatic carbocycles. The van der Waals surface area contributed by atoms with Crippen molar-refractivity contribution in [2.24, 2.45) is 4.99 Å². The SMILES string of the molecule is CC(=O)OC[C@H]1O[C@@H](n2ncc(C=O)c2N=CN(C)C)[C@H](OC(C)=O)[C@@H]1OC(C)=O. The van der Waals surface area contributed by atoms with E-state index in [4.69, 9.17) is 18.9 Å². The smallest absolute Gasteiger partial charge is 0.303 e.